The van der Waals surface area contributed by atoms with Gasteiger partial charge in [-0.3, -0.25) is 14.5 Å². The van der Waals surface area contributed by atoms with Crippen LogP contribution in [0.25, 0.3) is 22.2 Å². The topological polar surface area (TPSA) is 120 Å². The first-order valence-electron chi connectivity index (χ1n) is 19.0. The number of pyridine rings is 2. The number of hydrogen-bond donors (Lipinski definition) is 1. The summed E-state index contributed by atoms with van der Waals surface area (Å²) in [5, 5.41) is 3.33. The number of carbonyl (C=O) groups is 3. The van der Waals surface area contributed by atoms with Gasteiger partial charge in [0.1, 0.15) is 11.2 Å². The predicted octanol–water partition coefficient (Wildman–Crippen LogP) is 7.85. The molecule has 0 aliphatic carbocycles. The van der Waals surface area contributed by atoms with Crippen molar-refractivity contribution in [1.82, 2.24) is 19.8 Å². The van der Waals surface area contributed by atoms with Crippen LogP contribution in [0.2, 0.25) is 0 Å². The maximum Gasteiger partial charge on any atom is 0.495 e. The van der Waals surface area contributed by atoms with E-state index in [9.17, 15) is 54.3 Å². The Labute approximate surface area is 343 Å². The van der Waals surface area contributed by atoms with Gasteiger partial charge >= 0.3 is 24.3 Å². The van der Waals surface area contributed by atoms with Gasteiger partial charge in [0.25, 0.3) is 0 Å². The van der Waals surface area contributed by atoms with E-state index < -0.39 is 76.9 Å². The van der Waals surface area contributed by atoms with Gasteiger partial charge in [-0.05, 0) is 86.1 Å². The molecule has 5 aromatic rings. The number of alkyl halides is 6. The second-order valence-electron chi connectivity index (χ2n) is 15.0. The van der Waals surface area contributed by atoms with Crippen LogP contribution >= 0.6 is 0 Å². The van der Waals surface area contributed by atoms with Gasteiger partial charge in [-0.2, -0.15) is 26.3 Å². The van der Waals surface area contributed by atoms with Crippen LogP contribution in [0.3, 0.4) is 0 Å². The predicted molar refractivity (Wildman–Crippen MR) is 204 cm³/mol. The van der Waals surface area contributed by atoms with Crippen LogP contribution in [0.1, 0.15) is 55.1 Å². The zero-order chi connectivity index (χ0) is 44.3. The lowest BCUT2D eigenvalue weighted by molar-refractivity contribution is -0.290. The summed E-state index contributed by atoms with van der Waals surface area (Å²) >= 11 is 0. The largest absolute Gasteiger partial charge is 0.495 e. The fraction of sp³-hybridized carbons (Fsp3) is 0.326. The molecule has 18 heteroatoms. The number of halogens is 8. The van der Waals surface area contributed by atoms with Crippen LogP contribution in [0.15, 0.2) is 95.9 Å². The number of carbonyl (C=O) groups excluding carboxylic acids is 3. The third-order valence-electron chi connectivity index (χ3n) is 10.6. The van der Waals surface area contributed by atoms with Gasteiger partial charge in [-0.15, -0.1) is 0 Å². The van der Waals surface area contributed by atoms with Crippen molar-refractivity contribution in [1.29, 1.82) is 0 Å². The van der Waals surface area contributed by atoms with Gasteiger partial charge in [0.2, 0.25) is 0 Å². The Hall–Kier alpha value is -6.01. The molecule has 0 bridgehead atoms. The molecule has 61 heavy (non-hydrogen) atoms. The number of benzene rings is 3. The maximum atomic E-state index is 14.8. The molecule has 322 valence electrons. The Balaban J connectivity index is 1.33. The van der Waals surface area contributed by atoms with Crippen molar-refractivity contribution in [2.24, 2.45) is 0 Å². The van der Waals surface area contributed by atoms with E-state index in [1.807, 2.05) is 0 Å². The minimum Gasteiger partial charge on any atom is -0.322 e. The highest BCUT2D eigenvalue weighted by molar-refractivity contribution is 5.87. The normalized spacial score (nSPS) is 14.8. The van der Waals surface area contributed by atoms with Crippen LogP contribution < -0.4 is 10.7 Å². The Bertz CT molecular complexity index is 2480. The number of ketones is 1. The van der Waals surface area contributed by atoms with E-state index in [-0.39, 0.29) is 77.8 Å². The molecule has 1 atom stereocenters. The van der Waals surface area contributed by atoms with E-state index in [0.717, 1.165) is 12.1 Å². The smallest absolute Gasteiger partial charge is 0.322 e. The number of fused-ring (bicyclic) bond motifs is 1. The van der Waals surface area contributed by atoms with Crippen LogP contribution in [-0.2, 0) is 49.7 Å². The summed E-state index contributed by atoms with van der Waals surface area (Å²) in [5.74, 6) is -6.81. The van der Waals surface area contributed by atoms with Crippen molar-refractivity contribution in [2.45, 2.75) is 76.1 Å². The number of Topliss-reactive ketones (excluding diaryl/α,β-unsaturated/α-hetero) is 1. The van der Waals surface area contributed by atoms with Crippen molar-refractivity contribution < 1.29 is 59.3 Å². The van der Waals surface area contributed by atoms with Gasteiger partial charge < -0.3 is 9.88 Å². The fourth-order valence-corrected chi connectivity index (χ4v) is 7.30. The summed E-state index contributed by atoms with van der Waals surface area (Å²) in [6.45, 7) is 2.33. The molecule has 3 aromatic carbocycles. The molecule has 1 unspecified atom stereocenters. The van der Waals surface area contributed by atoms with E-state index in [1.165, 1.54) is 79.2 Å². The monoisotopic (exact) mass is 858 g/mol. The molecular formula is C43H38F8N4O6. The Morgan fingerprint density at radius 2 is 1.52 bits per heavy atom. The average molecular weight is 859 g/mol. The van der Waals surface area contributed by atoms with Crippen molar-refractivity contribution in [3.63, 3.8) is 0 Å². The fourth-order valence-electron chi connectivity index (χ4n) is 7.30. The van der Waals surface area contributed by atoms with Crippen molar-refractivity contribution in [2.75, 3.05) is 13.1 Å². The molecule has 1 aliphatic heterocycles. The molecule has 2 aromatic heterocycles. The van der Waals surface area contributed by atoms with E-state index in [2.05, 4.69) is 20.1 Å². The van der Waals surface area contributed by atoms with Gasteiger partial charge in [0.05, 0.1) is 23.5 Å². The molecule has 0 amide bonds. The van der Waals surface area contributed by atoms with Gasteiger partial charge in [-0.1, -0.05) is 54.6 Å². The molecule has 1 fully saturated rings. The highest BCUT2D eigenvalue weighted by Gasteiger charge is 2.45. The lowest BCUT2D eigenvalue weighted by Gasteiger charge is -2.41. The van der Waals surface area contributed by atoms with Crippen LogP contribution in [-0.4, -0.2) is 63.0 Å². The molecule has 1 aliphatic rings. The van der Waals surface area contributed by atoms with Crippen LogP contribution in [0.4, 0.5) is 35.1 Å². The van der Waals surface area contributed by atoms with Gasteiger partial charge in [0, 0.05) is 37.1 Å². The quantitative estimate of drug-likeness (QED) is 0.0761. The number of aryl methyl sites for hydroxylation is 2. The summed E-state index contributed by atoms with van der Waals surface area (Å²) in [4.78, 5) is 65.5. The lowest BCUT2D eigenvalue weighted by Crippen LogP contribution is -2.56. The summed E-state index contributed by atoms with van der Waals surface area (Å²) in [6, 6.07) is 17.4. The van der Waals surface area contributed by atoms with Crippen molar-refractivity contribution in [3.8, 4) is 11.1 Å². The second kappa shape index (κ2) is 17.9. The Morgan fingerprint density at radius 3 is 2.20 bits per heavy atom. The third-order valence-corrected chi connectivity index (χ3v) is 10.6. The first kappa shape index (κ1) is 44.5. The molecule has 6 rings (SSSR count). The lowest BCUT2D eigenvalue weighted by atomic mass is 9.91. The third kappa shape index (κ3) is 10.1. The minimum absolute atomic E-state index is 0.00859. The zero-order valence-corrected chi connectivity index (χ0v) is 32.6. The Kier molecular flexibility index (Phi) is 13.1. The van der Waals surface area contributed by atoms with E-state index >= 15 is 0 Å². The molecule has 0 spiro atoms. The number of nitrogens with one attached hydrogen (secondary N) is 1. The van der Waals surface area contributed by atoms with E-state index in [1.54, 1.807) is 23.1 Å². The molecule has 1 N–H and O–H groups in total. The van der Waals surface area contributed by atoms with Crippen LogP contribution in [0.5, 0.6) is 0 Å². The number of likely N-dealkylation sites (tertiary alicyclic amines) is 1. The number of piperidine rings is 1. The van der Waals surface area contributed by atoms with Gasteiger partial charge in [0.15, 0.2) is 22.8 Å². The van der Waals surface area contributed by atoms with Crippen LogP contribution in [0, 0.1) is 11.6 Å². The summed E-state index contributed by atoms with van der Waals surface area (Å²) in [7, 11) is 0. The number of aromatic nitrogens is 2. The molecule has 1 saturated heterocycles. The number of rotatable bonds is 12. The minimum atomic E-state index is -5.41. The molecular weight excluding hydrogens is 820 g/mol. The molecule has 0 saturated carbocycles. The highest BCUT2D eigenvalue weighted by Crippen LogP contribution is 2.39. The first-order chi connectivity index (χ1) is 28.8. The van der Waals surface area contributed by atoms with E-state index in [0.29, 0.717) is 0 Å². The maximum absolute atomic E-state index is 14.8. The van der Waals surface area contributed by atoms with Crippen molar-refractivity contribution >= 4 is 28.8 Å². The number of hydrogen-bond acceptors (Lipinski definition) is 9. The Morgan fingerprint density at radius 1 is 0.836 bits per heavy atom. The summed E-state index contributed by atoms with van der Waals surface area (Å²) < 4.78 is 112. The molecule has 10 nitrogen and oxygen atoms in total. The standard InChI is InChI=1S/C43H38F8N4O6/c1-41(2,39(58)60-61-40(59)43(49,50)51)54-20-17-28(18-21-54)53-37(27-14-16-30(25-8-4-3-5-9-25)32(22-27)42(46,47)48)35(57)24-55-29(15-13-26-10-6-12-33(44)36(26)45)23-34(56)31-11-7-19-52-38(31)55/h3-12,14,16,19,22-23,28,37,53H,13,15,17-18,20-21,24H2,1-2H3. The summed E-state index contributed by atoms with van der Waals surface area (Å²) in [6.07, 6.45) is -8.64. The number of nitrogens with zero attached hydrogens (tertiary/aromatic N) is 3. The second-order valence-corrected chi connectivity index (χ2v) is 15.0. The summed E-state index contributed by atoms with van der Waals surface area (Å²) in [5.41, 5.74) is -2.64. The average Bonchev–Trinajstić information content (AvgIpc) is 3.23. The molecule has 0 radical (unpaired) electrons. The highest BCUT2D eigenvalue weighted by atomic mass is 19.4. The zero-order valence-electron chi connectivity index (χ0n) is 32.6. The molecule has 3 heterocycles. The first-order valence-corrected chi connectivity index (χ1v) is 19.0. The van der Waals surface area contributed by atoms with E-state index in [4.69, 9.17) is 0 Å². The van der Waals surface area contributed by atoms with Gasteiger partial charge in [-0.25, -0.2) is 33.1 Å². The SMILES string of the molecule is CC(C)(C(=O)OOC(=O)C(F)(F)F)N1CCC(NC(C(=O)Cn2c(CCc3cccc(F)c3F)cc(=O)c3cccnc32)c2ccc(-c3ccccc3)c(C(F)(F)F)c2)CC1. The van der Waals surface area contributed by atoms with Crippen molar-refractivity contribution in [3.05, 3.63) is 135 Å².